The van der Waals surface area contributed by atoms with Crippen LogP contribution in [0.1, 0.15) is 11.4 Å². The quantitative estimate of drug-likeness (QED) is 0.773. The summed E-state index contributed by atoms with van der Waals surface area (Å²) in [6, 6.07) is 5.67. The molecule has 15 heavy (non-hydrogen) atoms. The molecule has 74 valence electrons. The van der Waals surface area contributed by atoms with Crippen LogP contribution in [-0.4, -0.2) is 14.5 Å². The summed E-state index contributed by atoms with van der Waals surface area (Å²) in [6.07, 6.45) is 4.92. The molecule has 0 spiro atoms. The molecule has 0 aromatic carbocycles. The summed E-state index contributed by atoms with van der Waals surface area (Å²) in [5.74, 6) is 0. The second kappa shape index (κ2) is 4.11. The largest absolute Gasteiger partial charge is 0.333 e. The van der Waals surface area contributed by atoms with Crippen LogP contribution in [0, 0.1) is 11.3 Å². The van der Waals surface area contributed by atoms with E-state index >= 15 is 0 Å². The van der Waals surface area contributed by atoms with E-state index < -0.39 is 0 Å². The SMILES string of the molecule is N#Cc1cccn1Cc1cnc(Cl)cn1. The minimum Gasteiger partial charge on any atom is -0.333 e. The Hall–Kier alpha value is -1.86. The van der Waals surface area contributed by atoms with Crippen molar-refractivity contribution < 1.29 is 0 Å². The van der Waals surface area contributed by atoms with Crippen LogP contribution in [0.5, 0.6) is 0 Å². The van der Waals surface area contributed by atoms with Gasteiger partial charge in [-0.2, -0.15) is 5.26 Å². The van der Waals surface area contributed by atoms with Crippen molar-refractivity contribution in [2.24, 2.45) is 0 Å². The van der Waals surface area contributed by atoms with Crippen molar-refractivity contribution in [1.82, 2.24) is 14.5 Å². The van der Waals surface area contributed by atoms with Gasteiger partial charge in [0.05, 0.1) is 24.6 Å². The molecule has 0 amide bonds. The fourth-order valence-corrected chi connectivity index (χ4v) is 1.35. The van der Waals surface area contributed by atoms with Gasteiger partial charge >= 0.3 is 0 Å². The van der Waals surface area contributed by atoms with Crippen LogP contribution in [0.15, 0.2) is 30.7 Å². The van der Waals surface area contributed by atoms with Crippen molar-refractivity contribution in [3.63, 3.8) is 0 Å². The van der Waals surface area contributed by atoms with Crippen molar-refractivity contribution >= 4 is 11.6 Å². The minimum atomic E-state index is 0.367. The van der Waals surface area contributed by atoms with Gasteiger partial charge in [-0.15, -0.1) is 0 Å². The van der Waals surface area contributed by atoms with E-state index in [-0.39, 0.29) is 0 Å². The Morgan fingerprint density at radius 1 is 1.40 bits per heavy atom. The Morgan fingerprint density at radius 3 is 2.93 bits per heavy atom. The minimum absolute atomic E-state index is 0.367. The van der Waals surface area contributed by atoms with Crippen molar-refractivity contribution in [2.75, 3.05) is 0 Å². The standard InChI is InChI=1S/C10H7ClN4/c11-10-6-13-8(5-14-10)7-15-3-1-2-9(15)4-12/h1-3,5-6H,7H2. The Morgan fingerprint density at radius 2 is 2.27 bits per heavy atom. The fourth-order valence-electron chi connectivity index (χ4n) is 1.25. The molecule has 0 aliphatic heterocycles. The van der Waals surface area contributed by atoms with Gasteiger partial charge in [-0.1, -0.05) is 11.6 Å². The number of hydrogen-bond donors (Lipinski definition) is 0. The van der Waals surface area contributed by atoms with Gasteiger partial charge < -0.3 is 4.57 Å². The molecule has 2 rings (SSSR count). The lowest BCUT2D eigenvalue weighted by Crippen LogP contribution is -2.02. The molecular weight excluding hydrogens is 212 g/mol. The molecule has 0 radical (unpaired) electrons. The van der Waals surface area contributed by atoms with Crippen LogP contribution in [0.25, 0.3) is 0 Å². The Bertz CT molecular complexity index is 495. The Balaban J connectivity index is 2.23. The zero-order chi connectivity index (χ0) is 10.7. The van der Waals surface area contributed by atoms with E-state index in [4.69, 9.17) is 16.9 Å². The number of hydrogen-bond acceptors (Lipinski definition) is 3. The molecule has 0 aliphatic rings. The van der Waals surface area contributed by atoms with Gasteiger partial charge in [0, 0.05) is 6.20 Å². The lowest BCUT2D eigenvalue weighted by molar-refractivity contribution is 0.764. The first-order chi connectivity index (χ1) is 7.29. The monoisotopic (exact) mass is 218 g/mol. The summed E-state index contributed by atoms with van der Waals surface area (Å²) in [5.41, 5.74) is 1.37. The third-order valence-corrected chi connectivity index (χ3v) is 2.15. The molecular formula is C10H7ClN4. The molecule has 0 saturated heterocycles. The van der Waals surface area contributed by atoms with E-state index in [9.17, 15) is 0 Å². The zero-order valence-electron chi connectivity index (χ0n) is 7.76. The fraction of sp³-hybridized carbons (Fsp3) is 0.100. The molecule has 2 aromatic heterocycles. The third-order valence-electron chi connectivity index (χ3n) is 1.95. The number of nitrogens with zero attached hydrogens (tertiary/aromatic N) is 4. The smallest absolute Gasteiger partial charge is 0.147 e. The molecule has 0 unspecified atom stereocenters. The molecule has 0 aliphatic carbocycles. The van der Waals surface area contributed by atoms with Crippen LogP contribution < -0.4 is 0 Å². The van der Waals surface area contributed by atoms with Gasteiger partial charge in [0.25, 0.3) is 0 Å². The maximum Gasteiger partial charge on any atom is 0.147 e. The van der Waals surface area contributed by atoms with Gasteiger partial charge in [0.15, 0.2) is 0 Å². The molecule has 4 nitrogen and oxygen atoms in total. The maximum atomic E-state index is 8.80. The van der Waals surface area contributed by atoms with Gasteiger partial charge in [0.2, 0.25) is 0 Å². The Kier molecular flexibility index (Phi) is 2.66. The maximum absolute atomic E-state index is 8.80. The first-order valence-electron chi connectivity index (χ1n) is 4.31. The predicted molar refractivity (Wildman–Crippen MR) is 55.3 cm³/mol. The molecule has 0 atom stereocenters. The first-order valence-corrected chi connectivity index (χ1v) is 4.69. The number of aromatic nitrogens is 3. The van der Waals surface area contributed by atoms with Crippen LogP contribution in [0.2, 0.25) is 5.15 Å². The number of rotatable bonds is 2. The summed E-state index contributed by atoms with van der Waals surface area (Å²) in [7, 11) is 0. The van der Waals surface area contributed by atoms with Crippen LogP contribution in [-0.2, 0) is 6.54 Å². The average molecular weight is 219 g/mol. The van der Waals surface area contributed by atoms with Gasteiger partial charge in [-0.05, 0) is 12.1 Å². The van der Waals surface area contributed by atoms with Crippen molar-refractivity contribution in [1.29, 1.82) is 5.26 Å². The van der Waals surface area contributed by atoms with Crippen LogP contribution >= 0.6 is 11.6 Å². The number of nitriles is 1. The second-order valence-electron chi connectivity index (χ2n) is 2.96. The first kappa shape index (κ1) is 9.69. The van der Waals surface area contributed by atoms with Gasteiger partial charge in [0.1, 0.15) is 16.9 Å². The summed E-state index contributed by atoms with van der Waals surface area (Å²) >= 11 is 5.62. The van der Waals surface area contributed by atoms with Gasteiger partial charge in [-0.25, -0.2) is 4.98 Å². The summed E-state index contributed by atoms with van der Waals surface area (Å²) in [5, 5.41) is 9.17. The van der Waals surface area contributed by atoms with Gasteiger partial charge in [-0.3, -0.25) is 4.98 Å². The lowest BCUT2D eigenvalue weighted by Gasteiger charge is -2.03. The molecule has 2 heterocycles. The normalized spacial score (nSPS) is 9.87. The molecule has 0 saturated carbocycles. The van der Waals surface area contributed by atoms with E-state index in [1.807, 2.05) is 12.3 Å². The van der Waals surface area contributed by atoms with Crippen molar-refractivity contribution in [3.05, 3.63) is 47.3 Å². The predicted octanol–water partition coefficient (Wildman–Crippen LogP) is 1.85. The highest BCUT2D eigenvalue weighted by Gasteiger charge is 2.01. The van der Waals surface area contributed by atoms with E-state index in [0.29, 0.717) is 17.4 Å². The average Bonchev–Trinajstić information content (AvgIpc) is 2.69. The second-order valence-corrected chi connectivity index (χ2v) is 3.35. The topological polar surface area (TPSA) is 54.5 Å². The highest BCUT2D eigenvalue weighted by atomic mass is 35.5. The van der Waals surface area contributed by atoms with Crippen molar-refractivity contribution in [2.45, 2.75) is 6.54 Å². The molecule has 5 heteroatoms. The van der Waals surface area contributed by atoms with Crippen molar-refractivity contribution in [3.8, 4) is 6.07 Å². The number of halogens is 1. The molecule has 0 fully saturated rings. The van der Waals surface area contributed by atoms with E-state index in [0.717, 1.165) is 5.69 Å². The summed E-state index contributed by atoms with van der Waals surface area (Å²) in [6.45, 7) is 0.528. The zero-order valence-corrected chi connectivity index (χ0v) is 8.52. The Labute approximate surface area is 91.8 Å². The van der Waals surface area contributed by atoms with Crippen LogP contribution in [0.4, 0.5) is 0 Å². The van der Waals surface area contributed by atoms with E-state index in [1.165, 1.54) is 6.20 Å². The summed E-state index contributed by atoms with van der Waals surface area (Å²) < 4.78 is 1.80. The van der Waals surface area contributed by atoms with Crippen LogP contribution in [0.3, 0.4) is 0 Å². The summed E-state index contributed by atoms with van der Waals surface area (Å²) in [4.78, 5) is 8.03. The van der Waals surface area contributed by atoms with E-state index in [1.54, 1.807) is 16.8 Å². The third kappa shape index (κ3) is 2.14. The highest BCUT2D eigenvalue weighted by molar-refractivity contribution is 6.29. The lowest BCUT2D eigenvalue weighted by atomic mass is 10.4. The molecule has 0 N–H and O–H groups in total. The van der Waals surface area contributed by atoms with E-state index in [2.05, 4.69) is 16.0 Å². The molecule has 2 aromatic rings. The highest BCUT2D eigenvalue weighted by Crippen LogP contribution is 2.06. The molecule has 0 bridgehead atoms.